The lowest BCUT2D eigenvalue weighted by Gasteiger charge is -2.19. The zero-order chi connectivity index (χ0) is 14.8. The third-order valence-corrected chi connectivity index (χ3v) is 5.85. The Bertz CT molecular complexity index is 575. The molecule has 1 heterocycles. The van der Waals surface area contributed by atoms with Gasteiger partial charge in [0.25, 0.3) is 0 Å². The van der Waals surface area contributed by atoms with Crippen LogP contribution in [0, 0.1) is 0 Å². The van der Waals surface area contributed by atoms with Crippen LogP contribution in [0.15, 0.2) is 18.2 Å². The number of rotatable bonds is 5. The lowest BCUT2D eigenvalue weighted by molar-refractivity contribution is 0.174. The monoisotopic (exact) mass is 299 g/mol. The van der Waals surface area contributed by atoms with Crippen molar-refractivity contribution in [3.8, 4) is 11.5 Å². The highest BCUT2D eigenvalue weighted by Gasteiger charge is 2.28. The fourth-order valence-corrected chi connectivity index (χ4v) is 2.82. The predicted octanol–water partition coefficient (Wildman–Crippen LogP) is 1.72. The van der Waals surface area contributed by atoms with E-state index in [1.54, 1.807) is 20.8 Å². The molecule has 0 atom stereocenters. The van der Waals surface area contributed by atoms with Crippen LogP contribution in [0.4, 0.5) is 0 Å². The van der Waals surface area contributed by atoms with Gasteiger partial charge < -0.3 is 14.8 Å². The lowest BCUT2D eigenvalue weighted by atomic mass is 10.2. The Morgan fingerprint density at radius 1 is 1.20 bits per heavy atom. The maximum Gasteiger partial charge on any atom is 0.231 e. The Morgan fingerprint density at radius 2 is 1.90 bits per heavy atom. The van der Waals surface area contributed by atoms with Gasteiger partial charge in [0.2, 0.25) is 6.79 Å². The average Bonchev–Trinajstić information content (AvgIpc) is 2.80. The molecule has 20 heavy (non-hydrogen) atoms. The van der Waals surface area contributed by atoms with Crippen molar-refractivity contribution in [2.75, 3.05) is 19.1 Å². The van der Waals surface area contributed by atoms with Crippen LogP contribution in [-0.4, -0.2) is 32.3 Å². The van der Waals surface area contributed by atoms with Crippen molar-refractivity contribution in [3.05, 3.63) is 23.8 Å². The topological polar surface area (TPSA) is 64.6 Å². The molecule has 112 valence electrons. The zero-order valence-corrected chi connectivity index (χ0v) is 12.9. The first-order chi connectivity index (χ1) is 9.29. The molecule has 0 aliphatic carbocycles. The Labute approximate surface area is 120 Å². The molecule has 0 saturated carbocycles. The summed E-state index contributed by atoms with van der Waals surface area (Å²) in [6.07, 6.45) is 0. The maximum absolute atomic E-state index is 11.9. The van der Waals surface area contributed by atoms with Crippen molar-refractivity contribution in [1.29, 1.82) is 0 Å². The molecule has 0 amide bonds. The highest BCUT2D eigenvalue weighted by atomic mass is 32.2. The SMILES string of the molecule is CC(C)(C)S(=O)(=O)CCNCc1ccc2c(c1)OCO2. The van der Waals surface area contributed by atoms with Crippen molar-refractivity contribution in [3.63, 3.8) is 0 Å². The van der Waals surface area contributed by atoms with E-state index in [1.165, 1.54) is 0 Å². The summed E-state index contributed by atoms with van der Waals surface area (Å²) in [7, 11) is -3.07. The van der Waals surface area contributed by atoms with Gasteiger partial charge in [0.05, 0.1) is 10.5 Å². The molecule has 5 nitrogen and oxygen atoms in total. The first-order valence-electron chi connectivity index (χ1n) is 6.61. The van der Waals surface area contributed by atoms with Crippen LogP contribution >= 0.6 is 0 Å². The first kappa shape index (κ1) is 15.1. The van der Waals surface area contributed by atoms with E-state index in [-0.39, 0.29) is 12.5 Å². The molecule has 0 radical (unpaired) electrons. The van der Waals surface area contributed by atoms with E-state index in [0.717, 1.165) is 17.1 Å². The molecule has 1 N–H and O–H groups in total. The van der Waals surface area contributed by atoms with Crippen LogP contribution < -0.4 is 14.8 Å². The largest absolute Gasteiger partial charge is 0.454 e. The quantitative estimate of drug-likeness (QED) is 0.839. The van der Waals surface area contributed by atoms with Gasteiger partial charge in [-0.3, -0.25) is 0 Å². The van der Waals surface area contributed by atoms with E-state index < -0.39 is 14.6 Å². The summed E-state index contributed by atoms with van der Waals surface area (Å²) in [5.41, 5.74) is 1.04. The van der Waals surface area contributed by atoms with Crippen LogP contribution in [0.2, 0.25) is 0 Å². The summed E-state index contributed by atoms with van der Waals surface area (Å²) in [6, 6.07) is 5.72. The van der Waals surface area contributed by atoms with Crippen molar-refractivity contribution >= 4 is 9.84 Å². The molecule has 1 aliphatic heterocycles. The minimum atomic E-state index is -3.07. The van der Waals surface area contributed by atoms with Crippen molar-refractivity contribution < 1.29 is 17.9 Å². The predicted molar refractivity (Wildman–Crippen MR) is 77.8 cm³/mol. The fourth-order valence-electron chi connectivity index (χ4n) is 1.80. The molecule has 1 aromatic carbocycles. The minimum absolute atomic E-state index is 0.140. The molecule has 2 rings (SSSR count). The number of hydrogen-bond acceptors (Lipinski definition) is 5. The molecule has 0 fully saturated rings. The van der Waals surface area contributed by atoms with E-state index in [1.807, 2.05) is 18.2 Å². The third kappa shape index (κ3) is 3.43. The van der Waals surface area contributed by atoms with Gasteiger partial charge >= 0.3 is 0 Å². The van der Waals surface area contributed by atoms with E-state index in [9.17, 15) is 8.42 Å². The summed E-state index contributed by atoms with van der Waals surface area (Å²) >= 11 is 0. The van der Waals surface area contributed by atoms with Gasteiger partial charge in [0, 0.05) is 13.1 Å². The normalized spacial score (nSPS) is 14.6. The molecule has 0 saturated heterocycles. The number of benzene rings is 1. The standard InChI is InChI=1S/C14H21NO4S/c1-14(2,3)20(16,17)7-6-15-9-11-4-5-12-13(8-11)19-10-18-12/h4-5,8,15H,6-7,9-10H2,1-3H3. The Balaban J connectivity index is 1.82. The van der Waals surface area contributed by atoms with Gasteiger partial charge in [-0.2, -0.15) is 0 Å². The Hall–Kier alpha value is -1.27. The molecule has 6 heteroatoms. The van der Waals surface area contributed by atoms with Crippen LogP contribution in [0.5, 0.6) is 11.5 Å². The molecular formula is C14H21NO4S. The molecular weight excluding hydrogens is 278 g/mol. The molecule has 0 spiro atoms. The van der Waals surface area contributed by atoms with Gasteiger partial charge in [-0.15, -0.1) is 0 Å². The highest BCUT2D eigenvalue weighted by Crippen LogP contribution is 2.32. The van der Waals surface area contributed by atoms with Crippen LogP contribution in [0.1, 0.15) is 26.3 Å². The second-order valence-corrected chi connectivity index (χ2v) is 8.66. The molecule has 0 unspecified atom stereocenters. The minimum Gasteiger partial charge on any atom is -0.454 e. The smallest absolute Gasteiger partial charge is 0.231 e. The number of hydrogen-bond donors (Lipinski definition) is 1. The lowest BCUT2D eigenvalue weighted by Crippen LogP contribution is -2.34. The summed E-state index contributed by atoms with van der Waals surface area (Å²) in [5.74, 6) is 1.64. The van der Waals surface area contributed by atoms with Crippen LogP contribution in [0.3, 0.4) is 0 Å². The fraction of sp³-hybridized carbons (Fsp3) is 0.571. The van der Waals surface area contributed by atoms with E-state index in [0.29, 0.717) is 13.1 Å². The van der Waals surface area contributed by atoms with Gasteiger partial charge in [-0.05, 0) is 38.5 Å². The van der Waals surface area contributed by atoms with Crippen LogP contribution in [-0.2, 0) is 16.4 Å². The Kier molecular flexibility index (Phi) is 4.25. The second-order valence-electron chi connectivity index (χ2n) is 5.80. The van der Waals surface area contributed by atoms with Crippen molar-refractivity contribution in [2.24, 2.45) is 0 Å². The van der Waals surface area contributed by atoms with E-state index >= 15 is 0 Å². The number of fused-ring (bicyclic) bond motifs is 1. The zero-order valence-electron chi connectivity index (χ0n) is 12.1. The summed E-state index contributed by atoms with van der Waals surface area (Å²) in [6.45, 7) is 6.47. The van der Waals surface area contributed by atoms with Gasteiger partial charge in [0.15, 0.2) is 21.3 Å². The molecule has 1 aromatic rings. The first-order valence-corrected chi connectivity index (χ1v) is 8.26. The number of ether oxygens (including phenoxy) is 2. The van der Waals surface area contributed by atoms with E-state index in [2.05, 4.69) is 5.32 Å². The summed E-state index contributed by atoms with van der Waals surface area (Å²) in [5, 5.41) is 3.15. The number of nitrogens with one attached hydrogen (secondary N) is 1. The Morgan fingerprint density at radius 3 is 2.60 bits per heavy atom. The van der Waals surface area contributed by atoms with E-state index in [4.69, 9.17) is 9.47 Å². The number of sulfone groups is 1. The molecule has 0 bridgehead atoms. The van der Waals surface area contributed by atoms with Crippen molar-refractivity contribution in [2.45, 2.75) is 32.1 Å². The van der Waals surface area contributed by atoms with Crippen LogP contribution in [0.25, 0.3) is 0 Å². The maximum atomic E-state index is 11.9. The summed E-state index contributed by atoms with van der Waals surface area (Å²) in [4.78, 5) is 0. The summed E-state index contributed by atoms with van der Waals surface area (Å²) < 4.78 is 33.7. The van der Waals surface area contributed by atoms with Gasteiger partial charge in [-0.25, -0.2) is 8.42 Å². The van der Waals surface area contributed by atoms with Crippen molar-refractivity contribution in [1.82, 2.24) is 5.32 Å². The van der Waals surface area contributed by atoms with Gasteiger partial charge in [-0.1, -0.05) is 6.07 Å². The molecule has 1 aliphatic rings. The van der Waals surface area contributed by atoms with Gasteiger partial charge in [0.1, 0.15) is 0 Å². The average molecular weight is 299 g/mol. The third-order valence-electron chi connectivity index (χ3n) is 3.25. The second kappa shape index (κ2) is 5.61. The highest BCUT2D eigenvalue weighted by molar-refractivity contribution is 7.92. The molecule has 0 aromatic heterocycles.